The first kappa shape index (κ1) is 16.9. The van der Waals surface area contributed by atoms with Crippen molar-refractivity contribution in [3.63, 3.8) is 0 Å². The van der Waals surface area contributed by atoms with Crippen LogP contribution < -0.4 is 5.32 Å². The number of nitrogens with zero attached hydrogens (tertiary/aromatic N) is 2. The van der Waals surface area contributed by atoms with E-state index in [9.17, 15) is 13.2 Å². The summed E-state index contributed by atoms with van der Waals surface area (Å²) in [6.07, 6.45) is 9.41. The van der Waals surface area contributed by atoms with Crippen molar-refractivity contribution in [3.8, 4) is 0 Å². The van der Waals surface area contributed by atoms with Crippen molar-refractivity contribution in [2.24, 2.45) is 0 Å². The van der Waals surface area contributed by atoms with Crippen LogP contribution in [0.5, 0.6) is 0 Å². The van der Waals surface area contributed by atoms with E-state index in [0.29, 0.717) is 0 Å². The van der Waals surface area contributed by atoms with Crippen molar-refractivity contribution in [3.05, 3.63) is 24.5 Å². The van der Waals surface area contributed by atoms with E-state index in [4.69, 9.17) is 0 Å². The molecule has 1 amide bonds. The van der Waals surface area contributed by atoms with Gasteiger partial charge in [-0.15, -0.1) is 0 Å². The molecule has 2 rings (SSSR count). The van der Waals surface area contributed by atoms with E-state index in [-0.39, 0.29) is 23.4 Å². The highest BCUT2D eigenvalue weighted by Crippen LogP contribution is 2.17. The largest absolute Gasteiger partial charge is 0.352 e. The summed E-state index contributed by atoms with van der Waals surface area (Å²) in [4.78, 5) is 16.0. The number of nitrogens with one attached hydrogen (secondary N) is 1. The van der Waals surface area contributed by atoms with E-state index in [1.54, 1.807) is 6.07 Å². The van der Waals surface area contributed by atoms with Gasteiger partial charge in [0.25, 0.3) is 0 Å². The number of hydrogen-bond donors (Lipinski definition) is 1. The topological polar surface area (TPSA) is 79.4 Å². The van der Waals surface area contributed by atoms with Gasteiger partial charge in [0.05, 0.1) is 6.54 Å². The Morgan fingerprint density at radius 2 is 2.00 bits per heavy atom. The zero-order valence-corrected chi connectivity index (χ0v) is 13.7. The maximum absolute atomic E-state index is 12.3. The van der Waals surface area contributed by atoms with Gasteiger partial charge < -0.3 is 5.32 Å². The summed E-state index contributed by atoms with van der Waals surface area (Å²) in [6, 6.07) is 3.21. The molecule has 0 saturated heterocycles. The lowest BCUT2D eigenvalue weighted by atomic mass is 10.1. The molecule has 6 nitrogen and oxygen atoms in total. The van der Waals surface area contributed by atoms with Crippen LogP contribution in [0.25, 0.3) is 0 Å². The van der Waals surface area contributed by atoms with Gasteiger partial charge in [-0.2, -0.15) is 4.31 Å². The second-order valence-corrected chi connectivity index (χ2v) is 7.75. The van der Waals surface area contributed by atoms with Gasteiger partial charge in [0.2, 0.25) is 15.9 Å². The molecule has 1 fully saturated rings. The highest BCUT2D eigenvalue weighted by atomic mass is 32.2. The molecule has 1 saturated carbocycles. The molecule has 0 aromatic carbocycles. The van der Waals surface area contributed by atoms with Crippen molar-refractivity contribution < 1.29 is 13.2 Å². The Morgan fingerprint density at radius 3 is 2.59 bits per heavy atom. The maximum atomic E-state index is 12.3. The minimum atomic E-state index is -3.67. The van der Waals surface area contributed by atoms with Crippen LogP contribution >= 0.6 is 0 Å². The molecule has 0 aliphatic heterocycles. The van der Waals surface area contributed by atoms with Crippen molar-refractivity contribution in [2.45, 2.75) is 49.5 Å². The van der Waals surface area contributed by atoms with E-state index >= 15 is 0 Å². The van der Waals surface area contributed by atoms with Gasteiger partial charge >= 0.3 is 0 Å². The van der Waals surface area contributed by atoms with Crippen LogP contribution in [0.1, 0.15) is 38.5 Å². The molecule has 1 aromatic rings. The molecule has 22 heavy (non-hydrogen) atoms. The van der Waals surface area contributed by atoms with Gasteiger partial charge in [0.1, 0.15) is 4.90 Å². The smallest absolute Gasteiger partial charge is 0.244 e. The minimum absolute atomic E-state index is 0.0970. The summed E-state index contributed by atoms with van der Waals surface area (Å²) in [5.74, 6) is -0.248. The SMILES string of the molecule is CN(CC(=O)NC1CCCCCC1)S(=O)(=O)c1cccnc1. The van der Waals surface area contributed by atoms with Gasteiger partial charge in [-0.3, -0.25) is 9.78 Å². The Labute approximate surface area is 132 Å². The summed E-state index contributed by atoms with van der Waals surface area (Å²) >= 11 is 0. The fraction of sp³-hybridized carbons (Fsp3) is 0.600. The lowest BCUT2D eigenvalue weighted by molar-refractivity contribution is -0.121. The normalized spacial score (nSPS) is 17.2. The van der Waals surface area contributed by atoms with Gasteiger partial charge in [-0.1, -0.05) is 25.7 Å². The molecule has 0 bridgehead atoms. The van der Waals surface area contributed by atoms with Crippen molar-refractivity contribution in [1.82, 2.24) is 14.6 Å². The number of likely N-dealkylation sites (N-methyl/N-ethyl adjacent to an activating group) is 1. The Bertz CT molecular complexity index is 581. The summed E-state index contributed by atoms with van der Waals surface area (Å²) in [5.41, 5.74) is 0. The van der Waals surface area contributed by atoms with Crippen molar-refractivity contribution in [2.75, 3.05) is 13.6 Å². The summed E-state index contributed by atoms with van der Waals surface area (Å²) in [5, 5.41) is 2.95. The minimum Gasteiger partial charge on any atom is -0.352 e. The molecule has 0 spiro atoms. The van der Waals surface area contributed by atoms with Crippen LogP contribution in [0.4, 0.5) is 0 Å². The lowest BCUT2D eigenvalue weighted by Gasteiger charge is -2.20. The molecular weight excluding hydrogens is 302 g/mol. The maximum Gasteiger partial charge on any atom is 0.244 e. The predicted molar refractivity (Wildman–Crippen MR) is 83.7 cm³/mol. The predicted octanol–water partition coefficient (Wildman–Crippen LogP) is 1.54. The van der Waals surface area contributed by atoms with Crippen LogP contribution in [0.15, 0.2) is 29.4 Å². The van der Waals surface area contributed by atoms with E-state index in [1.165, 1.54) is 38.3 Å². The molecule has 0 atom stereocenters. The van der Waals surface area contributed by atoms with Crippen LogP contribution in [0.2, 0.25) is 0 Å². The lowest BCUT2D eigenvalue weighted by Crippen LogP contribution is -2.42. The molecule has 122 valence electrons. The zero-order chi connectivity index (χ0) is 16.0. The number of carbonyl (C=O) groups excluding carboxylic acids is 1. The molecular formula is C15H23N3O3S. The van der Waals surface area contributed by atoms with Crippen LogP contribution in [-0.4, -0.2) is 43.2 Å². The fourth-order valence-electron chi connectivity index (χ4n) is 2.66. The first-order valence-electron chi connectivity index (χ1n) is 7.66. The molecule has 1 heterocycles. The number of aromatic nitrogens is 1. The molecule has 1 N–H and O–H groups in total. The van der Waals surface area contributed by atoms with E-state index in [0.717, 1.165) is 30.0 Å². The van der Waals surface area contributed by atoms with Gasteiger partial charge in [0.15, 0.2) is 0 Å². The third-order valence-corrected chi connectivity index (χ3v) is 5.72. The van der Waals surface area contributed by atoms with Crippen LogP contribution in [-0.2, 0) is 14.8 Å². The van der Waals surface area contributed by atoms with E-state index in [1.807, 2.05) is 0 Å². The standard InChI is InChI=1S/C15H23N3O3S/c1-18(22(20,21)14-9-6-10-16-11-14)12-15(19)17-13-7-4-2-3-5-8-13/h6,9-11,13H,2-5,7-8,12H2,1H3,(H,17,19). The Balaban J connectivity index is 1.93. The molecule has 0 unspecified atom stereocenters. The number of sulfonamides is 1. The average Bonchev–Trinajstić information content (AvgIpc) is 2.76. The Kier molecular flexibility index (Phi) is 5.90. The monoisotopic (exact) mass is 325 g/mol. The highest BCUT2D eigenvalue weighted by Gasteiger charge is 2.24. The van der Waals surface area contributed by atoms with Gasteiger partial charge in [0, 0.05) is 25.5 Å². The third-order valence-electron chi connectivity index (χ3n) is 3.93. The van der Waals surface area contributed by atoms with Crippen molar-refractivity contribution >= 4 is 15.9 Å². The van der Waals surface area contributed by atoms with Crippen LogP contribution in [0, 0.1) is 0 Å². The first-order chi connectivity index (χ1) is 10.5. The van der Waals surface area contributed by atoms with Crippen molar-refractivity contribution in [1.29, 1.82) is 0 Å². The third kappa shape index (κ3) is 4.51. The number of amides is 1. The number of rotatable bonds is 5. The first-order valence-corrected chi connectivity index (χ1v) is 9.10. The Hall–Kier alpha value is -1.47. The summed E-state index contributed by atoms with van der Waals surface area (Å²) in [7, 11) is -2.26. The number of hydrogen-bond acceptors (Lipinski definition) is 4. The summed E-state index contributed by atoms with van der Waals surface area (Å²) < 4.78 is 25.7. The quantitative estimate of drug-likeness (QED) is 0.833. The second kappa shape index (κ2) is 7.69. The van der Waals surface area contributed by atoms with Gasteiger partial charge in [-0.25, -0.2) is 8.42 Å². The van der Waals surface area contributed by atoms with E-state index < -0.39 is 10.0 Å². The molecule has 0 radical (unpaired) electrons. The molecule has 7 heteroatoms. The molecule has 1 aliphatic rings. The molecule has 1 aliphatic carbocycles. The van der Waals surface area contributed by atoms with Gasteiger partial charge in [-0.05, 0) is 25.0 Å². The molecule has 1 aromatic heterocycles. The van der Waals surface area contributed by atoms with Crippen LogP contribution in [0.3, 0.4) is 0 Å². The average molecular weight is 325 g/mol. The van der Waals surface area contributed by atoms with E-state index in [2.05, 4.69) is 10.3 Å². The zero-order valence-electron chi connectivity index (χ0n) is 12.9. The number of pyridine rings is 1. The summed E-state index contributed by atoms with van der Waals surface area (Å²) in [6.45, 7) is -0.173. The Morgan fingerprint density at radius 1 is 1.32 bits per heavy atom. The fourth-order valence-corrected chi connectivity index (χ4v) is 3.76. The second-order valence-electron chi connectivity index (χ2n) is 5.71. The number of carbonyl (C=O) groups is 1. The highest BCUT2D eigenvalue weighted by molar-refractivity contribution is 7.89.